The zero-order valence-corrected chi connectivity index (χ0v) is 10.3. The number of carbonyl (C=O) groups is 1. The molecular weight excluding hydrogens is 247 g/mol. The first kappa shape index (κ1) is 13.2. The number of imidazole rings is 1. The lowest BCUT2D eigenvalue weighted by Gasteiger charge is -2.05. The fourth-order valence-electron chi connectivity index (χ4n) is 1.70. The second kappa shape index (κ2) is 6.10. The van der Waals surface area contributed by atoms with Crippen LogP contribution in [0.15, 0.2) is 36.8 Å². The molecule has 0 saturated carbocycles. The third-order valence-electron chi connectivity index (χ3n) is 2.52. The van der Waals surface area contributed by atoms with Crippen molar-refractivity contribution in [2.45, 2.75) is 13.0 Å². The van der Waals surface area contributed by atoms with Crippen LogP contribution in [0, 0.1) is 5.82 Å². The van der Waals surface area contributed by atoms with E-state index in [-0.39, 0.29) is 18.3 Å². The molecule has 1 amide bonds. The monoisotopic (exact) mass is 262 g/mol. The first-order valence-electron chi connectivity index (χ1n) is 5.93. The van der Waals surface area contributed by atoms with Crippen molar-refractivity contribution in [3.05, 3.63) is 48.3 Å². The zero-order chi connectivity index (χ0) is 13.7. The van der Waals surface area contributed by atoms with Crippen molar-refractivity contribution < 1.29 is 9.18 Å². The van der Waals surface area contributed by atoms with E-state index < -0.39 is 0 Å². The molecule has 1 heterocycles. The van der Waals surface area contributed by atoms with Crippen LogP contribution in [0.2, 0.25) is 0 Å². The van der Waals surface area contributed by atoms with Crippen LogP contribution in [0.1, 0.15) is 5.69 Å². The highest BCUT2D eigenvalue weighted by Gasteiger charge is 2.05. The lowest BCUT2D eigenvalue weighted by atomic mass is 10.3. The number of hydrogen-bond acceptors (Lipinski definition) is 3. The lowest BCUT2D eigenvalue weighted by molar-refractivity contribution is -0.116. The summed E-state index contributed by atoms with van der Waals surface area (Å²) in [7, 11) is 0. The molecule has 5 nitrogen and oxygen atoms in total. The number of amides is 1. The molecule has 0 spiro atoms. The fourth-order valence-corrected chi connectivity index (χ4v) is 1.70. The second-order valence-electron chi connectivity index (χ2n) is 4.13. The Kier molecular flexibility index (Phi) is 4.25. The number of aromatic nitrogens is 2. The molecular formula is C13H15FN4O. The van der Waals surface area contributed by atoms with E-state index in [9.17, 15) is 9.18 Å². The number of benzene rings is 1. The maximum atomic E-state index is 13.0. The number of halogens is 1. The average molecular weight is 262 g/mol. The summed E-state index contributed by atoms with van der Waals surface area (Å²) in [4.78, 5) is 15.9. The summed E-state index contributed by atoms with van der Waals surface area (Å²) in [6, 6.07) is 5.77. The summed E-state index contributed by atoms with van der Waals surface area (Å²) in [6.45, 7) is 0.653. The summed E-state index contributed by atoms with van der Waals surface area (Å²) in [6.07, 6.45) is 4.03. The molecule has 0 aliphatic heterocycles. The van der Waals surface area contributed by atoms with Gasteiger partial charge in [-0.2, -0.15) is 0 Å². The number of rotatable bonds is 5. The van der Waals surface area contributed by atoms with Crippen molar-refractivity contribution in [2.75, 3.05) is 11.9 Å². The molecule has 0 fully saturated rings. The van der Waals surface area contributed by atoms with E-state index in [1.165, 1.54) is 12.1 Å². The lowest BCUT2D eigenvalue weighted by Crippen LogP contribution is -2.17. The van der Waals surface area contributed by atoms with Gasteiger partial charge >= 0.3 is 0 Å². The molecule has 0 unspecified atom stereocenters. The van der Waals surface area contributed by atoms with E-state index >= 15 is 0 Å². The third-order valence-corrected chi connectivity index (χ3v) is 2.52. The molecule has 0 bridgehead atoms. The SMILES string of the molecule is NCCc1cn(CC(=O)Nc2cccc(F)c2)cn1. The van der Waals surface area contributed by atoms with Gasteiger partial charge in [0, 0.05) is 18.3 Å². The molecule has 0 radical (unpaired) electrons. The maximum Gasteiger partial charge on any atom is 0.244 e. The van der Waals surface area contributed by atoms with E-state index in [2.05, 4.69) is 10.3 Å². The summed E-state index contributed by atoms with van der Waals surface area (Å²) in [5, 5.41) is 2.62. The first-order chi connectivity index (χ1) is 9.17. The highest BCUT2D eigenvalue weighted by atomic mass is 19.1. The largest absolute Gasteiger partial charge is 0.330 e. The topological polar surface area (TPSA) is 72.9 Å². The Labute approximate surface area is 110 Å². The van der Waals surface area contributed by atoms with E-state index in [1.54, 1.807) is 29.2 Å². The molecule has 19 heavy (non-hydrogen) atoms. The Morgan fingerprint density at radius 1 is 1.47 bits per heavy atom. The second-order valence-corrected chi connectivity index (χ2v) is 4.13. The summed E-state index contributed by atoms with van der Waals surface area (Å²) >= 11 is 0. The normalized spacial score (nSPS) is 10.4. The van der Waals surface area contributed by atoms with Gasteiger partial charge in [0.25, 0.3) is 0 Å². The minimum atomic E-state index is -0.384. The zero-order valence-electron chi connectivity index (χ0n) is 10.3. The Morgan fingerprint density at radius 3 is 3.05 bits per heavy atom. The number of carbonyl (C=O) groups excluding carboxylic acids is 1. The van der Waals surface area contributed by atoms with Gasteiger partial charge in [0.05, 0.1) is 12.0 Å². The van der Waals surface area contributed by atoms with Crippen molar-refractivity contribution in [1.82, 2.24) is 9.55 Å². The molecule has 0 saturated heterocycles. The van der Waals surface area contributed by atoms with Crippen molar-refractivity contribution in [3.8, 4) is 0 Å². The summed E-state index contributed by atoms with van der Waals surface area (Å²) in [5.74, 6) is -0.618. The van der Waals surface area contributed by atoms with Gasteiger partial charge in [-0.3, -0.25) is 4.79 Å². The van der Waals surface area contributed by atoms with Crippen LogP contribution in [-0.2, 0) is 17.8 Å². The minimum absolute atomic E-state index is 0.133. The number of nitrogens with two attached hydrogens (primary N) is 1. The van der Waals surface area contributed by atoms with Crippen LogP contribution >= 0.6 is 0 Å². The van der Waals surface area contributed by atoms with Crippen LogP contribution in [0.5, 0.6) is 0 Å². The molecule has 2 aromatic rings. The molecule has 0 aliphatic carbocycles. The van der Waals surface area contributed by atoms with Gasteiger partial charge in [-0.15, -0.1) is 0 Å². The third kappa shape index (κ3) is 3.89. The predicted octanol–water partition coefficient (Wildman–Crippen LogP) is 1.16. The number of nitrogens with one attached hydrogen (secondary N) is 1. The van der Waals surface area contributed by atoms with Crippen LogP contribution < -0.4 is 11.1 Å². The first-order valence-corrected chi connectivity index (χ1v) is 5.93. The highest BCUT2D eigenvalue weighted by Crippen LogP contribution is 2.09. The molecule has 0 atom stereocenters. The Bertz CT molecular complexity index is 567. The van der Waals surface area contributed by atoms with Gasteiger partial charge in [-0.1, -0.05) is 6.07 Å². The van der Waals surface area contributed by atoms with E-state index in [4.69, 9.17) is 5.73 Å². The van der Waals surface area contributed by atoms with Gasteiger partial charge < -0.3 is 15.6 Å². The molecule has 1 aromatic heterocycles. The Balaban J connectivity index is 1.93. The smallest absolute Gasteiger partial charge is 0.244 e. The van der Waals surface area contributed by atoms with Gasteiger partial charge in [-0.05, 0) is 24.7 Å². The fraction of sp³-hybridized carbons (Fsp3) is 0.231. The Morgan fingerprint density at radius 2 is 2.32 bits per heavy atom. The average Bonchev–Trinajstić information content (AvgIpc) is 2.77. The molecule has 1 aromatic carbocycles. The van der Waals surface area contributed by atoms with Crippen molar-refractivity contribution >= 4 is 11.6 Å². The minimum Gasteiger partial charge on any atom is -0.330 e. The van der Waals surface area contributed by atoms with Gasteiger partial charge in [-0.25, -0.2) is 9.37 Å². The van der Waals surface area contributed by atoms with Crippen LogP contribution in [-0.4, -0.2) is 22.0 Å². The summed E-state index contributed by atoms with van der Waals surface area (Å²) in [5.41, 5.74) is 6.71. The summed E-state index contributed by atoms with van der Waals surface area (Å²) < 4.78 is 14.6. The van der Waals surface area contributed by atoms with E-state index in [0.717, 1.165) is 5.69 Å². The molecule has 3 N–H and O–H groups in total. The number of hydrogen-bond donors (Lipinski definition) is 2. The van der Waals surface area contributed by atoms with Crippen LogP contribution in [0.4, 0.5) is 10.1 Å². The van der Waals surface area contributed by atoms with Crippen molar-refractivity contribution in [1.29, 1.82) is 0 Å². The highest BCUT2D eigenvalue weighted by molar-refractivity contribution is 5.90. The molecule has 2 rings (SSSR count). The number of anilines is 1. The Hall–Kier alpha value is -2.21. The standard InChI is InChI=1S/C13H15FN4O/c14-10-2-1-3-11(6-10)17-13(19)8-18-7-12(4-5-15)16-9-18/h1-3,6-7,9H,4-5,8,15H2,(H,17,19). The van der Waals surface area contributed by atoms with Crippen molar-refractivity contribution in [2.24, 2.45) is 5.73 Å². The van der Waals surface area contributed by atoms with Gasteiger partial charge in [0.1, 0.15) is 12.4 Å². The molecule has 0 aliphatic rings. The quantitative estimate of drug-likeness (QED) is 0.849. The van der Waals surface area contributed by atoms with Gasteiger partial charge in [0.2, 0.25) is 5.91 Å². The van der Waals surface area contributed by atoms with Crippen LogP contribution in [0.3, 0.4) is 0 Å². The van der Waals surface area contributed by atoms with Crippen molar-refractivity contribution in [3.63, 3.8) is 0 Å². The van der Waals surface area contributed by atoms with E-state index in [1.807, 2.05) is 0 Å². The van der Waals surface area contributed by atoms with Gasteiger partial charge in [0.15, 0.2) is 0 Å². The molecule has 100 valence electrons. The van der Waals surface area contributed by atoms with Crippen LogP contribution in [0.25, 0.3) is 0 Å². The predicted molar refractivity (Wildman–Crippen MR) is 70.0 cm³/mol. The molecule has 6 heteroatoms. The maximum absolute atomic E-state index is 13.0. The van der Waals surface area contributed by atoms with E-state index in [0.29, 0.717) is 18.7 Å². The number of nitrogens with zero attached hydrogens (tertiary/aromatic N) is 2.